The van der Waals surface area contributed by atoms with Gasteiger partial charge in [0.2, 0.25) is 5.91 Å². The molecule has 0 aromatic heterocycles. The Balaban J connectivity index is 2.38. The molecule has 1 aliphatic rings. The largest absolute Gasteiger partial charge is 0.388 e. The number of nitrogens with one attached hydrogen (secondary N) is 1. The second-order valence-electron chi connectivity index (χ2n) is 4.11. The maximum atomic E-state index is 11.2. The first-order chi connectivity index (χ1) is 5.43. The Hall–Kier alpha value is -0.570. The molecule has 70 valence electrons. The zero-order valence-electron chi connectivity index (χ0n) is 7.92. The highest BCUT2D eigenvalue weighted by molar-refractivity contribution is 5.78. The molecular weight excluding hydrogens is 154 g/mol. The average Bonchev–Trinajstić information content (AvgIpc) is 1.97. The van der Waals surface area contributed by atoms with E-state index in [1.165, 1.54) is 0 Å². The summed E-state index contributed by atoms with van der Waals surface area (Å²) in [6, 6.07) is -0.0348. The summed E-state index contributed by atoms with van der Waals surface area (Å²) in [5.41, 5.74) is -0.676. The number of carbonyl (C=O) groups excluding carboxylic acids is 1. The fourth-order valence-corrected chi connectivity index (χ4v) is 1.27. The lowest BCUT2D eigenvalue weighted by Crippen LogP contribution is -2.59. The van der Waals surface area contributed by atoms with Gasteiger partial charge < -0.3 is 10.4 Å². The van der Waals surface area contributed by atoms with Crippen LogP contribution in [-0.4, -0.2) is 22.7 Å². The molecule has 2 N–H and O–H groups in total. The predicted molar refractivity (Wildman–Crippen MR) is 46.6 cm³/mol. The maximum Gasteiger partial charge on any atom is 0.222 e. The summed E-state index contributed by atoms with van der Waals surface area (Å²) in [5, 5.41) is 12.4. The van der Waals surface area contributed by atoms with E-state index in [0.717, 1.165) is 12.8 Å². The van der Waals surface area contributed by atoms with Crippen LogP contribution >= 0.6 is 0 Å². The molecule has 1 amide bonds. The molecule has 2 atom stereocenters. The van der Waals surface area contributed by atoms with E-state index in [4.69, 9.17) is 0 Å². The summed E-state index contributed by atoms with van der Waals surface area (Å²) in [7, 11) is 0. The minimum atomic E-state index is -0.676. The van der Waals surface area contributed by atoms with E-state index in [1.54, 1.807) is 6.92 Å². The molecule has 1 aliphatic carbocycles. The van der Waals surface area contributed by atoms with Crippen LogP contribution in [0.1, 0.15) is 33.6 Å². The van der Waals surface area contributed by atoms with Crippen LogP contribution in [-0.2, 0) is 4.79 Å². The van der Waals surface area contributed by atoms with Crippen LogP contribution in [0.4, 0.5) is 0 Å². The number of hydrogen-bond donors (Lipinski definition) is 2. The first-order valence-electron chi connectivity index (χ1n) is 4.46. The molecule has 0 aliphatic heterocycles. The summed E-state index contributed by atoms with van der Waals surface area (Å²) >= 11 is 0. The van der Waals surface area contributed by atoms with Gasteiger partial charge in [-0.05, 0) is 19.8 Å². The molecule has 0 unspecified atom stereocenters. The second kappa shape index (κ2) is 3.05. The lowest BCUT2D eigenvalue weighted by molar-refractivity contribution is -0.130. The van der Waals surface area contributed by atoms with Crippen LogP contribution in [0.3, 0.4) is 0 Å². The van der Waals surface area contributed by atoms with Gasteiger partial charge in [0.1, 0.15) is 0 Å². The van der Waals surface area contributed by atoms with Gasteiger partial charge in [0, 0.05) is 5.92 Å². The molecular formula is C9H17NO2. The van der Waals surface area contributed by atoms with Gasteiger partial charge >= 0.3 is 0 Å². The van der Waals surface area contributed by atoms with Crippen molar-refractivity contribution in [2.75, 3.05) is 0 Å². The van der Waals surface area contributed by atoms with Crippen molar-refractivity contribution in [2.45, 2.75) is 45.3 Å². The van der Waals surface area contributed by atoms with E-state index < -0.39 is 5.60 Å². The number of amides is 1. The molecule has 0 bridgehead atoms. The number of rotatable bonds is 2. The molecule has 12 heavy (non-hydrogen) atoms. The van der Waals surface area contributed by atoms with Crippen LogP contribution in [0.25, 0.3) is 0 Å². The lowest BCUT2D eigenvalue weighted by atomic mass is 9.76. The molecule has 0 radical (unpaired) electrons. The summed E-state index contributed by atoms with van der Waals surface area (Å²) in [6.45, 7) is 5.47. The van der Waals surface area contributed by atoms with Gasteiger partial charge in [0.15, 0.2) is 0 Å². The Kier molecular flexibility index (Phi) is 2.42. The number of hydrogen-bond acceptors (Lipinski definition) is 2. The third-order valence-corrected chi connectivity index (χ3v) is 2.53. The quantitative estimate of drug-likeness (QED) is 0.641. The molecule has 0 aromatic carbocycles. The fraction of sp³-hybridized carbons (Fsp3) is 0.889. The third kappa shape index (κ3) is 1.78. The van der Waals surface area contributed by atoms with Gasteiger partial charge in [0.25, 0.3) is 0 Å². The normalized spacial score (nSPS) is 34.6. The van der Waals surface area contributed by atoms with E-state index in [0.29, 0.717) is 0 Å². The molecule has 1 fully saturated rings. The van der Waals surface area contributed by atoms with Crippen molar-refractivity contribution in [3.05, 3.63) is 0 Å². The fourth-order valence-electron chi connectivity index (χ4n) is 1.27. The smallest absolute Gasteiger partial charge is 0.222 e. The monoisotopic (exact) mass is 171 g/mol. The van der Waals surface area contributed by atoms with Crippen molar-refractivity contribution in [3.63, 3.8) is 0 Å². The highest BCUT2D eigenvalue weighted by atomic mass is 16.3. The lowest BCUT2D eigenvalue weighted by Gasteiger charge is -2.43. The summed E-state index contributed by atoms with van der Waals surface area (Å²) in [4.78, 5) is 11.2. The minimum Gasteiger partial charge on any atom is -0.388 e. The van der Waals surface area contributed by atoms with Crippen molar-refractivity contribution in [2.24, 2.45) is 5.92 Å². The second-order valence-corrected chi connectivity index (χ2v) is 4.11. The first-order valence-corrected chi connectivity index (χ1v) is 4.46. The van der Waals surface area contributed by atoms with Crippen molar-refractivity contribution in [1.82, 2.24) is 5.32 Å². The van der Waals surface area contributed by atoms with Gasteiger partial charge in [-0.25, -0.2) is 0 Å². The third-order valence-electron chi connectivity index (χ3n) is 2.53. The molecule has 0 saturated heterocycles. The Labute approximate surface area is 73.2 Å². The Bertz CT molecular complexity index is 187. The van der Waals surface area contributed by atoms with Crippen LogP contribution in [0, 0.1) is 5.92 Å². The molecule has 3 nitrogen and oxygen atoms in total. The van der Waals surface area contributed by atoms with Crippen LogP contribution in [0.15, 0.2) is 0 Å². The average molecular weight is 171 g/mol. The molecule has 1 rings (SSSR count). The summed E-state index contributed by atoms with van der Waals surface area (Å²) in [6.07, 6.45) is 1.68. The van der Waals surface area contributed by atoms with E-state index >= 15 is 0 Å². The highest BCUT2D eigenvalue weighted by Gasteiger charge is 2.41. The molecule has 0 aromatic rings. The zero-order valence-corrected chi connectivity index (χ0v) is 7.92. The summed E-state index contributed by atoms with van der Waals surface area (Å²) < 4.78 is 0. The van der Waals surface area contributed by atoms with Crippen LogP contribution < -0.4 is 5.32 Å². The summed E-state index contributed by atoms with van der Waals surface area (Å²) in [5.74, 6) is 0.0291. The Morgan fingerprint density at radius 3 is 2.50 bits per heavy atom. The molecule has 0 heterocycles. The van der Waals surface area contributed by atoms with E-state index in [1.807, 2.05) is 13.8 Å². The van der Waals surface area contributed by atoms with Crippen molar-refractivity contribution >= 4 is 5.91 Å². The minimum absolute atomic E-state index is 0.00130. The van der Waals surface area contributed by atoms with Gasteiger partial charge in [0.05, 0.1) is 11.6 Å². The van der Waals surface area contributed by atoms with Crippen LogP contribution in [0.2, 0.25) is 0 Å². The van der Waals surface area contributed by atoms with Gasteiger partial charge in [-0.15, -0.1) is 0 Å². The molecule has 3 heteroatoms. The van der Waals surface area contributed by atoms with Crippen LogP contribution in [0.5, 0.6) is 0 Å². The van der Waals surface area contributed by atoms with E-state index in [2.05, 4.69) is 5.32 Å². The standard InChI is InChI=1S/C9H17NO2/c1-6(2)8(11)10-7-4-5-9(7,3)12/h6-7,12H,4-5H2,1-3H3,(H,10,11)/t7-,9+/m1/s1. The molecule has 1 saturated carbocycles. The van der Waals surface area contributed by atoms with Gasteiger partial charge in [-0.3, -0.25) is 4.79 Å². The highest BCUT2D eigenvalue weighted by Crippen LogP contribution is 2.31. The van der Waals surface area contributed by atoms with Crippen molar-refractivity contribution in [1.29, 1.82) is 0 Å². The first kappa shape index (κ1) is 9.52. The van der Waals surface area contributed by atoms with E-state index in [-0.39, 0.29) is 17.9 Å². The zero-order chi connectivity index (χ0) is 9.35. The number of carbonyl (C=O) groups is 1. The predicted octanol–water partition coefficient (Wildman–Crippen LogP) is 0.672. The molecule has 0 spiro atoms. The Morgan fingerprint density at radius 1 is 1.67 bits per heavy atom. The van der Waals surface area contributed by atoms with Crippen molar-refractivity contribution < 1.29 is 9.90 Å². The van der Waals surface area contributed by atoms with Gasteiger partial charge in [-0.2, -0.15) is 0 Å². The maximum absolute atomic E-state index is 11.2. The van der Waals surface area contributed by atoms with E-state index in [9.17, 15) is 9.90 Å². The SMILES string of the molecule is CC(C)C(=O)N[C@@H]1CC[C@]1(C)O. The topological polar surface area (TPSA) is 49.3 Å². The number of aliphatic hydroxyl groups is 1. The van der Waals surface area contributed by atoms with Gasteiger partial charge in [-0.1, -0.05) is 13.8 Å². The van der Waals surface area contributed by atoms with Crippen molar-refractivity contribution in [3.8, 4) is 0 Å². The Morgan fingerprint density at radius 2 is 2.25 bits per heavy atom.